The predicted octanol–water partition coefficient (Wildman–Crippen LogP) is 3.66. The van der Waals surface area contributed by atoms with E-state index in [-0.39, 0.29) is 17.2 Å². The second-order valence-corrected chi connectivity index (χ2v) is 5.60. The van der Waals surface area contributed by atoms with Gasteiger partial charge in [-0.1, -0.05) is 42.5 Å². The number of hydrogen-bond acceptors (Lipinski definition) is 3. The van der Waals surface area contributed by atoms with E-state index < -0.39 is 0 Å². The van der Waals surface area contributed by atoms with E-state index in [4.69, 9.17) is 4.74 Å². The normalized spacial score (nSPS) is 10.5. The van der Waals surface area contributed by atoms with Gasteiger partial charge in [0.05, 0.1) is 12.1 Å². The Balaban J connectivity index is 1.60. The van der Waals surface area contributed by atoms with Gasteiger partial charge in [-0.25, -0.2) is 0 Å². The zero-order valence-electron chi connectivity index (χ0n) is 13.5. The highest BCUT2D eigenvalue weighted by atomic mass is 16.5. The minimum absolute atomic E-state index is 0.00482. The van der Waals surface area contributed by atoms with Crippen LogP contribution in [0.25, 0.3) is 10.8 Å². The second kappa shape index (κ2) is 7.04. The Morgan fingerprint density at radius 1 is 1.08 bits per heavy atom. The van der Waals surface area contributed by atoms with E-state index in [1.54, 1.807) is 12.1 Å². The number of nitrogens with one attached hydrogen (secondary N) is 1. The molecule has 0 aliphatic carbocycles. The Morgan fingerprint density at radius 3 is 2.75 bits per heavy atom. The molecule has 0 atom stereocenters. The average molecular weight is 321 g/mol. The average Bonchev–Trinajstić information content (AvgIpc) is 2.59. The predicted molar refractivity (Wildman–Crippen MR) is 94.6 cm³/mol. The molecule has 0 heterocycles. The summed E-state index contributed by atoms with van der Waals surface area (Å²) in [5, 5.41) is 14.6. The number of phenols is 1. The van der Waals surface area contributed by atoms with Crippen LogP contribution in [0.2, 0.25) is 0 Å². The van der Waals surface area contributed by atoms with Crippen molar-refractivity contribution in [1.82, 2.24) is 5.32 Å². The Kier molecular flexibility index (Phi) is 4.66. The number of carbonyl (C=O) groups is 1. The molecule has 3 rings (SSSR count). The van der Waals surface area contributed by atoms with Crippen LogP contribution in [0.1, 0.15) is 15.9 Å². The molecular weight excluding hydrogens is 302 g/mol. The number of benzene rings is 3. The third-order valence-electron chi connectivity index (χ3n) is 3.79. The van der Waals surface area contributed by atoms with Gasteiger partial charge >= 0.3 is 0 Å². The summed E-state index contributed by atoms with van der Waals surface area (Å²) in [5.74, 6) is 0.467. The first-order chi connectivity index (χ1) is 11.6. The van der Waals surface area contributed by atoms with Gasteiger partial charge < -0.3 is 15.2 Å². The lowest BCUT2D eigenvalue weighted by Gasteiger charge is -2.10. The number of rotatable bonds is 5. The molecule has 24 heavy (non-hydrogen) atoms. The van der Waals surface area contributed by atoms with E-state index in [0.29, 0.717) is 18.5 Å². The van der Waals surface area contributed by atoms with Gasteiger partial charge in [0.25, 0.3) is 5.91 Å². The summed E-state index contributed by atoms with van der Waals surface area (Å²) in [6.45, 7) is 2.72. The van der Waals surface area contributed by atoms with Crippen LogP contribution in [0, 0.1) is 6.92 Å². The van der Waals surface area contributed by atoms with E-state index in [0.717, 1.165) is 16.7 Å². The molecule has 0 saturated heterocycles. The number of aryl methyl sites for hydroxylation is 1. The molecule has 0 aliphatic heterocycles. The third-order valence-corrected chi connectivity index (χ3v) is 3.79. The zero-order chi connectivity index (χ0) is 16.9. The highest BCUT2D eigenvalue weighted by molar-refractivity contribution is 6.03. The van der Waals surface area contributed by atoms with Gasteiger partial charge in [-0.15, -0.1) is 0 Å². The number of hydrogen-bond donors (Lipinski definition) is 2. The Hall–Kier alpha value is -3.01. The maximum absolute atomic E-state index is 12.2. The first-order valence-corrected chi connectivity index (χ1v) is 7.83. The van der Waals surface area contributed by atoms with Crippen molar-refractivity contribution in [3.8, 4) is 11.5 Å². The van der Waals surface area contributed by atoms with E-state index in [1.807, 2.05) is 55.5 Å². The molecule has 0 fully saturated rings. The molecule has 2 N–H and O–H groups in total. The molecule has 1 amide bonds. The Morgan fingerprint density at radius 2 is 1.92 bits per heavy atom. The van der Waals surface area contributed by atoms with Crippen molar-refractivity contribution < 1.29 is 14.6 Å². The first kappa shape index (κ1) is 15.9. The lowest BCUT2D eigenvalue weighted by atomic mass is 10.0. The largest absolute Gasteiger partial charge is 0.506 e. The van der Waals surface area contributed by atoms with Crippen molar-refractivity contribution in [1.29, 1.82) is 0 Å². The van der Waals surface area contributed by atoms with Crippen LogP contribution in [0.5, 0.6) is 11.5 Å². The van der Waals surface area contributed by atoms with Gasteiger partial charge in [-0.05, 0) is 36.1 Å². The summed E-state index contributed by atoms with van der Waals surface area (Å²) >= 11 is 0. The quantitative estimate of drug-likeness (QED) is 0.705. The lowest BCUT2D eigenvalue weighted by molar-refractivity contribution is 0.0944. The number of aromatic hydroxyl groups is 1. The van der Waals surface area contributed by atoms with Crippen LogP contribution >= 0.6 is 0 Å². The van der Waals surface area contributed by atoms with Crippen LogP contribution in [-0.4, -0.2) is 24.2 Å². The van der Waals surface area contributed by atoms with Crippen molar-refractivity contribution in [3.63, 3.8) is 0 Å². The molecule has 4 nitrogen and oxygen atoms in total. The minimum atomic E-state index is -0.314. The van der Waals surface area contributed by atoms with Crippen molar-refractivity contribution in [2.45, 2.75) is 6.92 Å². The van der Waals surface area contributed by atoms with Crippen molar-refractivity contribution in [2.75, 3.05) is 13.2 Å². The highest BCUT2D eigenvalue weighted by Crippen LogP contribution is 2.28. The fourth-order valence-corrected chi connectivity index (χ4v) is 2.57. The summed E-state index contributed by atoms with van der Waals surface area (Å²) in [5.41, 5.74) is 1.39. The smallest absolute Gasteiger partial charge is 0.255 e. The molecule has 0 radical (unpaired) electrons. The van der Waals surface area contributed by atoms with Crippen molar-refractivity contribution >= 4 is 16.7 Å². The number of ether oxygens (including phenoxy) is 1. The van der Waals surface area contributed by atoms with E-state index >= 15 is 0 Å². The SMILES string of the molecule is Cc1cccc(OCCNC(=O)c2ccc3ccccc3c2O)c1. The Labute approximate surface area is 140 Å². The van der Waals surface area contributed by atoms with Crippen LogP contribution in [0.15, 0.2) is 60.7 Å². The highest BCUT2D eigenvalue weighted by Gasteiger charge is 2.13. The monoisotopic (exact) mass is 321 g/mol. The summed E-state index contributed by atoms with van der Waals surface area (Å²) in [6, 6.07) is 18.6. The minimum Gasteiger partial charge on any atom is -0.506 e. The summed E-state index contributed by atoms with van der Waals surface area (Å²) in [4.78, 5) is 12.2. The summed E-state index contributed by atoms with van der Waals surface area (Å²) in [7, 11) is 0. The maximum atomic E-state index is 12.2. The molecule has 0 aliphatic rings. The van der Waals surface area contributed by atoms with Gasteiger partial charge in [0.15, 0.2) is 0 Å². The molecule has 122 valence electrons. The molecular formula is C20H19NO3. The molecule has 3 aromatic carbocycles. The standard InChI is InChI=1S/C20H19NO3/c1-14-5-4-7-16(13-14)24-12-11-21-20(23)18-10-9-15-6-2-3-8-17(15)19(18)22/h2-10,13,22H,11-12H2,1H3,(H,21,23). The number of carbonyl (C=O) groups excluding carboxylic acids is 1. The van der Waals surface area contributed by atoms with Gasteiger partial charge in [-0.3, -0.25) is 4.79 Å². The van der Waals surface area contributed by atoms with Crippen LogP contribution in [0.4, 0.5) is 0 Å². The summed E-state index contributed by atoms with van der Waals surface area (Å²) in [6.07, 6.45) is 0. The Bertz CT molecular complexity index is 874. The van der Waals surface area contributed by atoms with E-state index in [2.05, 4.69) is 5.32 Å². The topological polar surface area (TPSA) is 58.6 Å². The van der Waals surface area contributed by atoms with Crippen LogP contribution in [0.3, 0.4) is 0 Å². The summed E-state index contributed by atoms with van der Waals surface area (Å²) < 4.78 is 5.60. The molecule has 0 saturated carbocycles. The van der Waals surface area contributed by atoms with Crippen LogP contribution < -0.4 is 10.1 Å². The maximum Gasteiger partial charge on any atom is 0.255 e. The van der Waals surface area contributed by atoms with Gasteiger partial charge in [-0.2, -0.15) is 0 Å². The number of amides is 1. The lowest BCUT2D eigenvalue weighted by Crippen LogP contribution is -2.28. The first-order valence-electron chi connectivity index (χ1n) is 7.83. The number of fused-ring (bicyclic) bond motifs is 1. The van der Waals surface area contributed by atoms with Crippen LogP contribution in [-0.2, 0) is 0 Å². The van der Waals surface area contributed by atoms with E-state index in [1.165, 1.54) is 0 Å². The molecule has 0 bridgehead atoms. The van der Waals surface area contributed by atoms with Crippen molar-refractivity contribution in [3.05, 3.63) is 71.8 Å². The van der Waals surface area contributed by atoms with Gasteiger partial charge in [0, 0.05) is 5.39 Å². The fraction of sp³-hybridized carbons (Fsp3) is 0.150. The molecule has 0 aromatic heterocycles. The fourth-order valence-electron chi connectivity index (χ4n) is 2.57. The molecule has 0 spiro atoms. The van der Waals surface area contributed by atoms with Gasteiger partial charge in [0.1, 0.15) is 18.1 Å². The molecule has 3 aromatic rings. The molecule has 0 unspecified atom stereocenters. The van der Waals surface area contributed by atoms with Gasteiger partial charge in [0.2, 0.25) is 0 Å². The number of phenolic OH excluding ortho intramolecular Hbond substituents is 1. The van der Waals surface area contributed by atoms with E-state index in [9.17, 15) is 9.90 Å². The molecule has 4 heteroatoms. The third kappa shape index (κ3) is 3.49. The zero-order valence-corrected chi connectivity index (χ0v) is 13.5. The second-order valence-electron chi connectivity index (χ2n) is 5.60. The van der Waals surface area contributed by atoms with Crippen molar-refractivity contribution in [2.24, 2.45) is 0 Å².